The van der Waals surface area contributed by atoms with Crippen LogP contribution >= 0.6 is 0 Å². The van der Waals surface area contributed by atoms with Crippen LogP contribution in [-0.2, 0) is 6.54 Å². The number of rotatable bonds is 2. The lowest BCUT2D eigenvalue weighted by molar-refractivity contribution is 0.327. The maximum atomic E-state index is 9.52. The van der Waals surface area contributed by atoms with Gasteiger partial charge in [0.15, 0.2) is 0 Å². The molecule has 4 rings (SSSR count). The van der Waals surface area contributed by atoms with Crippen molar-refractivity contribution in [3.8, 4) is 17.9 Å². The molecule has 0 spiro atoms. The minimum Gasteiger partial charge on any atom is -0.329 e. The van der Waals surface area contributed by atoms with Crippen molar-refractivity contribution in [2.45, 2.75) is 38.6 Å². The highest BCUT2D eigenvalue weighted by Crippen LogP contribution is 2.30. The van der Waals surface area contributed by atoms with Gasteiger partial charge in [0.1, 0.15) is 5.92 Å². The molecule has 0 unspecified atom stereocenters. The van der Waals surface area contributed by atoms with Gasteiger partial charge in [-0.15, -0.1) is 0 Å². The van der Waals surface area contributed by atoms with Crippen LogP contribution in [0.15, 0.2) is 48.5 Å². The number of para-hydroxylation sites is 2. The fraction of sp³-hybridized carbons (Fsp3) is 0.348. The van der Waals surface area contributed by atoms with E-state index >= 15 is 0 Å². The van der Waals surface area contributed by atoms with Crippen molar-refractivity contribution in [1.82, 2.24) is 4.57 Å². The van der Waals surface area contributed by atoms with E-state index in [0.29, 0.717) is 12.5 Å². The van der Waals surface area contributed by atoms with Gasteiger partial charge in [-0.2, -0.15) is 5.26 Å². The minimum absolute atomic E-state index is 0.117. The molecule has 0 amide bonds. The molecule has 25 heavy (non-hydrogen) atoms. The zero-order valence-corrected chi connectivity index (χ0v) is 14.4. The van der Waals surface area contributed by atoms with Gasteiger partial charge in [-0.05, 0) is 30.9 Å². The van der Waals surface area contributed by atoms with Gasteiger partial charge in [0.2, 0.25) is 0 Å². The molecule has 2 nitrogen and oxygen atoms in total. The van der Waals surface area contributed by atoms with Crippen molar-refractivity contribution in [2.75, 3.05) is 0 Å². The van der Waals surface area contributed by atoms with Crippen molar-refractivity contribution in [2.24, 2.45) is 11.8 Å². The fourth-order valence-corrected chi connectivity index (χ4v) is 4.13. The van der Waals surface area contributed by atoms with Gasteiger partial charge in [0, 0.05) is 21.8 Å². The molecule has 1 heterocycles. The summed E-state index contributed by atoms with van der Waals surface area (Å²) in [4.78, 5) is 0. The Labute approximate surface area is 149 Å². The first-order valence-electron chi connectivity index (χ1n) is 9.22. The average Bonchev–Trinajstić information content (AvgIpc) is 3.00. The number of hydrogen-bond donors (Lipinski definition) is 0. The molecular weight excluding hydrogens is 304 g/mol. The highest BCUT2D eigenvalue weighted by atomic mass is 15.0. The number of benzene rings is 2. The molecule has 1 saturated carbocycles. The predicted octanol–water partition coefficient (Wildman–Crippen LogP) is 5.52. The summed E-state index contributed by atoms with van der Waals surface area (Å²) in [5.74, 6) is 6.93. The molecular formula is C23H22N2. The van der Waals surface area contributed by atoms with Gasteiger partial charge < -0.3 is 4.57 Å². The third-order valence-electron chi connectivity index (χ3n) is 5.43. The van der Waals surface area contributed by atoms with Crippen molar-refractivity contribution in [3.63, 3.8) is 0 Å². The summed E-state index contributed by atoms with van der Waals surface area (Å²) in [5.41, 5.74) is 2.42. The number of fused-ring (bicyclic) bond motifs is 3. The smallest absolute Gasteiger partial charge is 0.110 e. The second-order valence-electron chi connectivity index (χ2n) is 6.95. The number of nitrogens with zero attached hydrogens (tertiary/aromatic N) is 2. The Morgan fingerprint density at radius 3 is 2.12 bits per heavy atom. The van der Waals surface area contributed by atoms with E-state index in [1.807, 2.05) is 0 Å². The Bertz CT molecular complexity index is 934. The Morgan fingerprint density at radius 2 is 1.52 bits per heavy atom. The summed E-state index contributed by atoms with van der Waals surface area (Å²) in [6.07, 6.45) is 6.11. The first-order chi connectivity index (χ1) is 12.4. The molecule has 1 aromatic heterocycles. The van der Waals surface area contributed by atoms with Crippen LogP contribution in [0.25, 0.3) is 21.8 Å². The molecule has 1 fully saturated rings. The van der Waals surface area contributed by atoms with Crippen LogP contribution in [0.4, 0.5) is 0 Å². The molecule has 1 aliphatic rings. The normalized spacial score (nSPS) is 16.3. The maximum Gasteiger partial charge on any atom is 0.110 e. The van der Waals surface area contributed by atoms with Gasteiger partial charge in [-0.25, -0.2) is 0 Å². The Morgan fingerprint density at radius 1 is 0.920 bits per heavy atom. The highest BCUT2D eigenvalue weighted by Gasteiger charge is 2.21. The topological polar surface area (TPSA) is 28.7 Å². The van der Waals surface area contributed by atoms with E-state index in [2.05, 4.69) is 71.0 Å². The molecule has 3 aromatic rings. The van der Waals surface area contributed by atoms with Crippen LogP contribution in [0, 0.1) is 35.0 Å². The summed E-state index contributed by atoms with van der Waals surface area (Å²) < 4.78 is 2.27. The van der Waals surface area contributed by atoms with Crippen molar-refractivity contribution < 1.29 is 0 Å². The third kappa shape index (κ3) is 3.01. The van der Waals surface area contributed by atoms with E-state index < -0.39 is 0 Å². The van der Waals surface area contributed by atoms with Crippen molar-refractivity contribution >= 4 is 21.8 Å². The van der Waals surface area contributed by atoms with E-state index in [4.69, 9.17) is 0 Å². The summed E-state index contributed by atoms with van der Waals surface area (Å²) in [6, 6.07) is 19.4. The summed E-state index contributed by atoms with van der Waals surface area (Å²) >= 11 is 0. The molecule has 1 aliphatic carbocycles. The van der Waals surface area contributed by atoms with Crippen LogP contribution in [0.2, 0.25) is 0 Å². The minimum atomic E-state index is -0.117. The Hall–Kier alpha value is -2.71. The van der Waals surface area contributed by atoms with Gasteiger partial charge in [-0.1, -0.05) is 67.5 Å². The molecule has 0 N–H and O–H groups in total. The lowest BCUT2D eigenvalue weighted by Gasteiger charge is -2.22. The molecule has 0 radical (unpaired) electrons. The number of aromatic nitrogens is 1. The third-order valence-corrected chi connectivity index (χ3v) is 5.43. The average molecular weight is 326 g/mol. The second kappa shape index (κ2) is 7.04. The van der Waals surface area contributed by atoms with Crippen molar-refractivity contribution in [3.05, 3.63) is 48.5 Å². The van der Waals surface area contributed by atoms with E-state index in [9.17, 15) is 5.26 Å². The van der Waals surface area contributed by atoms with Gasteiger partial charge in [-0.3, -0.25) is 0 Å². The van der Waals surface area contributed by atoms with Crippen LogP contribution in [0.5, 0.6) is 0 Å². The first-order valence-corrected chi connectivity index (χ1v) is 9.22. The van der Waals surface area contributed by atoms with E-state index in [-0.39, 0.29) is 5.92 Å². The second-order valence-corrected chi connectivity index (χ2v) is 6.95. The van der Waals surface area contributed by atoms with Crippen LogP contribution in [0.1, 0.15) is 32.1 Å². The van der Waals surface area contributed by atoms with E-state index in [1.165, 1.54) is 41.1 Å². The summed E-state index contributed by atoms with van der Waals surface area (Å²) in [6.45, 7) is 0.638. The van der Waals surface area contributed by atoms with Crippen LogP contribution in [0.3, 0.4) is 0 Å². The molecule has 124 valence electrons. The fourth-order valence-electron chi connectivity index (χ4n) is 4.13. The van der Waals surface area contributed by atoms with E-state index in [1.54, 1.807) is 0 Å². The van der Waals surface area contributed by atoms with Gasteiger partial charge in [0.25, 0.3) is 0 Å². The van der Waals surface area contributed by atoms with Crippen LogP contribution < -0.4 is 0 Å². The zero-order chi connectivity index (χ0) is 17.1. The lowest BCUT2D eigenvalue weighted by atomic mass is 9.81. The molecule has 0 aliphatic heterocycles. The van der Waals surface area contributed by atoms with E-state index in [0.717, 1.165) is 12.8 Å². The van der Waals surface area contributed by atoms with Crippen molar-refractivity contribution in [1.29, 1.82) is 5.26 Å². The monoisotopic (exact) mass is 326 g/mol. The summed E-state index contributed by atoms with van der Waals surface area (Å²) in [7, 11) is 0. The van der Waals surface area contributed by atoms with Gasteiger partial charge in [0.05, 0.1) is 12.6 Å². The number of nitriles is 1. The number of hydrogen-bond acceptors (Lipinski definition) is 1. The van der Waals surface area contributed by atoms with Crippen LogP contribution in [-0.4, -0.2) is 4.57 Å². The maximum absolute atomic E-state index is 9.52. The molecule has 0 saturated heterocycles. The molecule has 1 atom stereocenters. The van der Waals surface area contributed by atoms with Gasteiger partial charge >= 0.3 is 0 Å². The first kappa shape index (κ1) is 15.8. The highest BCUT2D eigenvalue weighted by molar-refractivity contribution is 6.08. The predicted molar refractivity (Wildman–Crippen MR) is 103 cm³/mol. The lowest BCUT2D eigenvalue weighted by Crippen LogP contribution is -2.15. The summed E-state index contributed by atoms with van der Waals surface area (Å²) in [5, 5.41) is 12.1. The molecule has 2 aromatic carbocycles. The SMILES string of the molecule is N#C[C@H](C#CCn1c2ccccc2c2ccccc21)C1CCCCC1. The molecule has 2 heteroatoms. The standard InChI is InChI=1S/C23H22N2/c24-17-19(18-9-2-1-3-10-18)11-8-16-25-22-14-6-4-12-20(22)21-13-5-7-15-23(21)25/h4-7,12-15,18-19H,1-3,9-10,16H2/t19-/m0/s1. The Balaban J connectivity index is 1.66. The largest absolute Gasteiger partial charge is 0.329 e. The quantitative estimate of drug-likeness (QED) is 0.570. The Kier molecular flexibility index (Phi) is 4.45. The molecule has 0 bridgehead atoms. The zero-order valence-electron chi connectivity index (χ0n) is 14.4.